The van der Waals surface area contributed by atoms with Crippen LogP contribution in [-0.4, -0.2) is 15.9 Å². The number of nitrogens with two attached hydrogens (primary N) is 1. The van der Waals surface area contributed by atoms with E-state index in [1.807, 2.05) is 0 Å². The third-order valence-electron chi connectivity index (χ3n) is 3.52. The van der Waals surface area contributed by atoms with E-state index in [9.17, 15) is 9.18 Å². The van der Waals surface area contributed by atoms with E-state index < -0.39 is 0 Å². The van der Waals surface area contributed by atoms with Crippen LogP contribution in [-0.2, 0) is 6.54 Å². The van der Waals surface area contributed by atoms with Crippen molar-refractivity contribution in [2.75, 3.05) is 5.73 Å². The Labute approximate surface area is 126 Å². The second-order valence-electron chi connectivity index (χ2n) is 5.09. The summed E-state index contributed by atoms with van der Waals surface area (Å²) in [5, 5.41) is 2.81. The van der Waals surface area contributed by atoms with Gasteiger partial charge in [0.15, 0.2) is 0 Å². The van der Waals surface area contributed by atoms with E-state index in [2.05, 4.69) is 15.3 Å². The van der Waals surface area contributed by atoms with Crippen molar-refractivity contribution in [3.8, 4) is 0 Å². The summed E-state index contributed by atoms with van der Waals surface area (Å²) in [4.78, 5) is 19.4. The van der Waals surface area contributed by atoms with Gasteiger partial charge in [0.25, 0.3) is 5.91 Å². The Morgan fingerprint density at radius 3 is 3.00 bits per heavy atom. The van der Waals surface area contributed by atoms with Crippen molar-refractivity contribution < 1.29 is 9.18 Å². The Kier molecular flexibility index (Phi) is 3.50. The van der Waals surface area contributed by atoms with Crippen LogP contribution in [0.15, 0.2) is 36.7 Å². The summed E-state index contributed by atoms with van der Waals surface area (Å²) in [6, 6.07) is 6.39. The number of rotatable bonds is 3. The van der Waals surface area contributed by atoms with Gasteiger partial charge in [-0.3, -0.25) is 9.78 Å². The predicted octanol–water partition coefficient (Wildman–Crippen LogP) is 2.52. The minimum atomic E-state index is -0.257. The molecule has 1 amide bonds. The molecule has 0 aliphatic carbocycles. The Morgan fingerprint density at radius 1 is 1.41 bits per heavy atom. The molecule has 0 unspecified atom stereocenters. The van der Waals surface area contributed by atoms with Crippen LogP contribution in [0.3, 0.4) is 0 Å². The maximum Gasteiger partial charge on any atom is 0.253 e. The van der Waals surface area contributed by atoms with Gasteiger partial charge in [-0.25, -0.2) is 4.39 Å². The van der Waals surface area contributed by atoms with E-state index in [0.29, 0.717) is 34.4 Å². The minimum Gasteiger partial charge on any atom is -0.396 e. The number of H-pyrrole nitrogens is 1. The number of carbonyl (C=O) groups excluding carboxylic acids is 1. The van der Waals surface area contributed by atoms with Crippen molar-refractivity contribution in [3.63, 3.8) is 0 Å². The van der Waals surface area contributed by atoms with Crippen LogP contribution >= 0.6 is 0 Å². The number of fused-ring (bicyclic) bond motifs is 1. The predicted molar refractivity (Wildman–Crippen MR) is 82.8 cm³/mol. The number of benzene rings is 1. The first-order valence-corrected chi connectivity index (χ1v) is 6.81. The molecule has 22 heavy (non-hydrogen) atoms. The highest BCUT2D eigenvalue weighted by molar-refractivity contribution is 6.06. The molecule has 3 aromatic rings. The number of nitrogen functional groups attached to an aromatic ring is 1. The topological polar surface area (TPSA) is 83.8 Å². The fraction of sp³-hybridized carbons (Fsp3) is 0.125. The zero-order chi connectivity index (χ0) is 15.7. The Balaban J connectivity index is 1.80. The van der Waals surface area contributed by atoms with E-state index >= 15 is 0 Å². The van der Waals surface area contributed by atoms with Gasteiger partial charge in [0, 0.05) is 18.9 Å². The Morgan fingerprint density at radius 2 is 2.23 bits per heavy atom. The second kappa shape index (κ2) is 5.48. The van der Waals surface area contributed by atoms with Crippen molar-refractivity contribution in [1.82, 2.24) is 15.3 Å². The van der Waals surface area contributed by atoms with Crippen molar-refractivity contribution in [1.29, 1.82) is 0 Å². The molecule has 2 aromatic heterocycles. The van der Waals surface area contributed by atoms with Gasteiger partial charge < -0.3 is 16.0 Å². The van der Waals surface area contributed by atoms with Gasteiger partial charge in [0.05, 0.1) is 16.8 Å². The summed E-state index contributed by atoms with van der Waals surface area (Å²) in [7, 11) is 0. The number of hydrogen-bond acceptors (Lipinski definition) is 3. The second-order valence-corrected chi connectivity index (χ2v) is 5.09. The number of aromatic amines is 1. The molecule has 5 nitrogen and oxygen atoms in total. The molecule has 6 heteroatoms. The number of aryl methyl sites for hydroxylation is 1. The van der Waals surface area contributed by atoms with Crippen LogP contribution in [0.5, 0.6) is 0 Å². The van der Waals surface area contributed by atoms with Crippen LogP contribution in [0.25, 0.3) is 11.0 Å². The lowest BCUT2D eigenvalue weighted by atomic mass is 10.1. The number of anilines is 1. The van der Waals surface area contributed by atoms with Gasteiger partial charge in [0.2, 0.25) is 0 Å². The first-order valence-electron chi connectivity index (χ1n) is 6.81. The average Bonchev–Trinajstić information content (AvgIpc) is 2.90. The molecule has 0 fully saturated rings. The van der Waals surface area contributed by atoms with Crippen LogP contribution in [0, 0.1) is 12.7 Å². The molecular weight excluding hydrogens is 283 g/mol. The number of nitrogens with zero attached hydrogens (tertiary/aromatic N) is 1. The molecule has 0 saturated carbocycles. The molecule has 0 aliphatic rings. The number of aromatic nitrogens is 2. The van der Waals surface area contributed by atoms with Crippen LogP contribution in [0.4, 0.5) is 10.1 Å². The third kappa shape index (κ3) is 2.50. The van der Waals surface area contributed by atoms with Crippen LogP contribution in [0.2, 0.25) is 0 Å². The number of carbonyl (C=O) groups is 1. The summed E-state index contributed by atoms with van der Waals surface area (Å²) in [6.45, 7) is 2.01. The monoisotopic (exact) mass is 298 g/mol. The molecule has 0 atom stereocenters. The highest BCUT2D eigenvalue weighted by atomic mass is 19.1. The highest BCUT2D eigenvalue weighted by Gasteiger charge is 2.13. The molecule has 0 spiro atoms. The smallest absolute Gasteiger partial charge is 0.253 e. The van der Waals surface area contributed by atoms with Gasteiger partial charge >= 0.3 is 0 Å². The van der Waals surface area contributed by atoms with Crippen molar-refractivity contribution in [2.45, 2.75) is 13.5 Å². The molecule has 4 N–H and O–H groups in total. The standard InChI is InChI=1S/C16H15FN4O/c1-9-6-10(2-3-12(9)17)7-21-16(22)11-4-5-19-15-13(18)8-20-14(11)15/h2-6,8,20H,7,18H2,1H3,(H,21,22). The lowest BCUT2D eigenvalue weighted by Gasteiger charge is -2.07. The number of halogens is 1. The zero-order valence-corrected chi connectivity index (χ0v) is 12.0. The third-order valence-corrected chi connectivity index (χ3v) is 3.52. The molecule has 0 saturated heterocycles. The zero-order valence-electron chi connectivity index (χ0n) is 12.0. The van der Waals surface area contributed by atoms with Gasteiger partial charge in [0.1, 0.15) is 11.3 Å². The van der Waals surface area contributed by atoms with Crippen molar-refractivity contribution in [3.05, 3.63) is 59.2 Å². The molecule has 112 valence electrons. The quantitative estimate of drug-likeness (QED) is 0.694. The summed E-state index contributed by atoms with van der Waals surface area (Å²) < 4.78 is 13.2. The van der Waals surface area contributed by atoms with Gasteiger partial charge in [-0.1, -0.05) is 12.1 Å². The van der Waals surface area contributed by atoms with E-state index in [1.165, 1.54) is 6.07 Å². The average molecular weight is 298 g/mol. The summed E-state index contributed by atoms with van der Waals surface area (Å²) in [6.07, 6.45) is 3.15. The lowest BCUT2D eigenvalue weighted by Crippen LogP contribution is -2.23. The molecule has 3 rings (SSSR count). The van der Waals surface area contributed by atoms with E-state index in [4.69, 9.17) is 5.73 Å². The molecule has 0 aliphatic heterocycles. The first-order chi connectivity index (χ1) is 10.6. The highest BCUT2D eigenvalue weighted by Crippen LogP contribution is 2.20. The van der Waals surface area contributed by atoms with E-state index in [-0.39, 0.29) is 11.7 Å². The van der Waals surface area contributed by atoms with Crippen molar-refractivity contribution >= 4 is 22.6 Å². The number of hydrogen-bond donors (Lipinski definition) is 3. The largest absolute Gasteiger partial charge is 0.396 e. The van der Waals surface area contributed by atoms with Gasteiger partial charge in [-0.05, 0) is 30.2 Å². The minimum absolute atomic E-state index is 0.240. The Bertz CT molecular complexity index is 856. The maximum atomic E-state index is 13.2. The van der Waals surface area contributed by atoms with Crippen molar-refractivity contribution in [2.24, 2.45) is 0 Å². The van der Waals surface area contributed by atoms with Gasteiger partial charge in [-0.2, -0.15) is 0 Å². The summed E-state index contributed by atoms with van der Waals surface area (Å²) in [5.74, 6) is -0.496. The maximum absolute atomic E-state index is 13.2. The van der Waals surface area contributed by atoms with E-state index in [1.54, 1.807) is 37.5 Å². The molecular formula is C16H15FN4O. The van der Waals surface area contributed by atoms with Crippen LogP contribution < -0.4 is 11.1 Å². The molecule has 2 heterocycles. The SMILES string of the molecule is Cc1cc(CNC(=O)c2ccnc3c(N)c[nH]c23)ccc1F. The summed E-state index contributed by atoms with van der Waals surface area (Å²) in [5.41, 5.74) is 9.32. The molecule has 1 aromatic carbocycles. The summed E-state index contributed by atoms with van der Waals surface area (Å²) >= 11 is 0. The fourth-order valence-corrected chi connectivity index (χ4v) is 2.33. The number of pyridine rings is 1. The Hall–Kier alpha value is -2.89. The van der Waals surface area contributed by atoms with Crippen LogP contribution in [0.1, 0.15) is 21.5 Å². The van der Waals surface area contributed by atoms with Gasteiger partial charge in [-0.15, -0.1) is 0 Å². The number of amides is 1. The number of nitrogens with one attached hydrogen (secondary N) is 2. The first kappa shape index (κ1) is 14.1. The molecule has 0 bridgehead atoms. The lowest BCUT2D eigenvalue weighted by molar-refractivity contribution is 0.0952. The normalized spacial score (nSPS) is 10.8. The molecule has 0 radical (unpaired) electrons. The fourth-order valence-electron chi connectivity index (χ4n) is 2.33. The van der Waals surface area contributed by atoms with E-state index in [0.717, 1.165) is 5.56 Å².